The zero-order valence-corrected chi connectivity index (χ0v) is 11.7. The highest BCUT2D eigenvalue weighted by Crippen LogP contribution is 2.25. The van der Waals surface area contributed by atoms with Crippen molar-refractivity contribution in [1.82, 2.24) is 4.72 Å². The Hall–Kier alpha value is -0.470. The fourth-order valence-corrected chi connectivity index (χ4v) is 3.81. The van der Waals surface area contributed by atoms with Crippen LogP contribution in [0.1, 0.15) is 17.4 Å². The molecule has 1 aromatic rings. The predicted molar refractivity (Wildman–Crippen MR) is 68.6 cm³/mol. The Bertz CT molecular complexity index is 454. The first-order valence-corrected chi connectivity index (χ1v) is 7.68. The van der Waals surface area contributed by atoms with Crippen LogP contribution in [0.25, 0.3) is 0 Å². The Morgan fingerprint density at radius 1 is 1.53 bits per heavy atom. The first-order valence-electron chi connectivity index (χ1n) is 5.38. The molecule has 7 heteroatoms. The van der Waals surface area contributed by atoms with E-state index in [0.717, 1.165) is 10.4 Å². The third-order valence-electron chi connectivity index (χ3n) is 2.19. The van der Waals surface area contributed by atoms with E-state index < -0.39 is 10.0 Å². The largest absolute Gasteiger partial charge is 0.380 e. The van der Waals surface area contributed by atoms with Crippen LogP contribution in [0.5, 0.6) is 0 Å². The lowest BCUT2D eigenvalue weighted by Crippen LogP contribution is -2.26. The molecule has 0 atom stereocenters. The van der Waals surface area contributed by atoms with Gasteiger partial charge in [0.2, 0.25) is 10.0 Å². The first kappa shape index (κ1) is 14.6. The summed E-state index contributed by atoms with van der Waals surface area (Å²) in [7, 11) is -3.42. The molecular formula is C10H18N2O3S2. The fourth-order valence-electron chi connectivity index (χ4n) is 1.29. The van der Waals surface area contributed by atoms with Crippen LogP contribution in [-0.4, -0.2) is 28.2 Å². The Morgan fingerprint density at radius 3 is 2.76 bits per heavy atom. The monoisotopic (exact) mass is 278 g/mol. The lowest BCUT2D eigenvalue weighted by molar-refractivity contribution is 0.153. The number of aryl methyl sites for hydroxylation is 1. The van der Waals surface area contributed by atoms with Gasteiger partial charge in [-0.1, -0.05) is 0 Å². The van der Waals surface area contributed by atoms with E-state index in [9.17, 15) is 8.42 Å². The molecule has 0 saturated heterocycles. The smallest absolute Gasteiger partial charge is 0.250 e. The summed E-state index contributed by atoms with van der Waals surface area (Å²) >= 11 is 1.21. The van der Waals surface area contributed by atoms with Crippen molar-refractivity contribution in [2.45, 2.75) is 24.6 Å². The van der Waals surface area contributed by atoms with Gasteiger partial charge in [-0.15, -0.1) is 11.3 Å². The standard InChI is InChI=1S/C10H18N2O3S2/c1-3-15-5-4-12-17(13,14)10-6-8(2)9(7-11)16-10/h6,12H,3-5,7,11H2,1-2H3. The highest BCUT2D eigenvalue weighted by atomic mass is 32.2. The molecule has 1 rings (SSSR count). The molecule has 0 aliphatic carbocycles. The van der Waals surface area contributed by atoms with Crippen LogP contribution in [0.4, 0.5) is 0 Å². The van der Waals surface area contributed by atoms with Crippen LogP contribution in [0, 0.1) is 6.92 Å². The average molecular weight is 278 g/mol. The van der Waals surface area contributed by atoms with Crippen molar-refractivity contribution in [2.24, 2.45) is 5.73 Å². The average Bonchev–Trinajstić information content (AvgIpc) is 2.67. The minimum atomic E-state index is -3.42. The molecule has 0 aliphatic rings. The molecule has 0 amide bonds. The number of nitrogens with two attached hydrogens (primary N) is 1. The molecular weight excluding hydrogens is 260 g/mol. The third-order valence-corrected chi connectivity index (χ3v) is 5.38. The summed E-state index contributed by atoms with van der Waals surface area (Å²) in [6.45, 7) is 5.33. The Balaban J connectivity index is 2.69. The van der Waals surface area contributed by atoms with Gasteiger partial charge in [-0.05, 0) is 25.5 Å². The van der Waals surface area contributed by atoms with Gasteiger partial charge in [-0.25, -0.2) is 13.1 Å². The molecule has 0 radical (unpaired) electrons. The quantitative estimate of drug-likeness (QED) is 0.724. The summed E-state index contributed by atoms with van der Waals surface area (Å²) < 4.78 is 31.6. The maximum atomic E-state index is 11.9. The SMILES string of the molecule is CCOCCNS(=O)(=O)c1cc(C)c(CN)s1. The van der Waals surface area contributed by atoms with Gasteiger partial charge in [-0.3, -0.25) is 0 Å². The van der Waals surface area contributed by atoms with Gasteiger partial charge >= 0.3 is 0 Å². The molecule has 0 bridgehead atoms. The van der Waals surface area contributed by atoms with Crippen LogP contribution in [0.2, 0.25) is 0 Å². The van der Waals surface area contributed by atoms with E-state index in [1.54, 1.807) is 6.07 Å². The normalized spacial score (nSPS) is 11.9. The number of sulfonamides is 1. The Morgan fingerprint density at radius 2 is 2.24 bits per heavy atom. The van der Waals surface area contributed by atoms with E-state index in [1.165, 1.54) is 11.3 Å². The van der Waals surface area contributed by atoms with Gasteiger partial charge in [0.15, 0.2) is 0 Å². The molecule has 1 heterocycles. The number of hydrogen-bond acceptors (Lipinski definition) is 5. The summed E-state index contributed by atoms with van der Waals surface area (Å²) in [6, 6.07) is 1.65. The fraction of sp³-hybridized carbons (Fsp3) is 0.600. The molecule has 0 saturated carbocycles. The number of hydrogen-bond donors (Lipinski definition) is 2. The zero-order valence-electron chi connectivity index (χ0n) is 10.0. The van der Waals surface area contributed by atoms with Gasteiger partial charge in [0.25, 0.3) is 0 Å². The number of rotatable bonds is 7. The van der Waals surface area contributed by atoms with Crippen LogP contribution in [0.15, 0.2) is 10.3 Å². The second-order valence-electron chi connectivity index (χ2n) is 3.47. The van der Waals surface area contributed by atoms with E-state index >= 15 is 0 Å². The highest BCUT2D eigenvalue weighted by molar-refractivity contribution is 7.91. The first-order chi connectivity index (χ1) is 8.01. The molecule has 3 N–H and O–H groups in total. The molecule has 5 nitrogen and oxygen atoms in total. The molecule has 0 spiro atoms. The number of nitrogens with one attached hydrogen (secondary N) is 1. The molecule has 0 fully saturated rings. The molecule has 0 unspecified atom stereocenters. The van der Waals surface area contributed by atoms with Gasteiger partial charge in [-0.2, -0.15) is 0 Å². The van der Waals surface area contributed by atoms with Crippen LogP contribution >= 0.6 is 11.3 Å². The molecule has 0 aromatic carbocycles. The maximum Gasteiger partial charge on any atom is 0.250 e. The van der Waals surface area contributed by atoms with Crippen molar-refractivity contribution >= 4 is 21.4 Å². The minimum absolute atomic E-state index is 0.283. The lowest BCUT2D eigenvalue weighted by Gasteiger charge is -2.04. The zero-order chi connectivity index (χ0) is 12.9. The second-order valence-corrected chi connectivity index (χ2v) is 6.60. The van der Waals surface area contributed by atoms with Crippen LogP contribution < -0.4 is 10.5 Å². The molecule has 98 valence electrons. The predicted octanol–water partition coefficient (Wildman–Crippen LogP) is 0.830. The minimum Gasteiger partial charge on any atom is -0.380 e. The topological polar surface area (TPSA) is 81.4 Å². The van der Waals surface area contributed by atoms with Crippen LogP contribution in [0.3, 0.4) is 0 Å². The van der Waals surface area contributed by atoms with Crippen molar-refractivity contribution in [1.29, 1.82) is 0 Å². The van der Waals surface area contributed by atoms with E-state index in [1.807, 2.05) is 13.8 Å². The van der Waals surface area contributed by atoms with Crippen molar-refractivity contribution in [3.05, 3.63) is 16.5 Å². The number of ether oxygens (including phenoxy) is 1. The third kappa shape index (κ3) is 4.04. The van der Waals surface area contributed by atoms with Crippen molar-refractivity contribution in [3.8, 4) is 0 Å². The van der Waals surface area contributed by atoms with E-state index in [4.69, 9.17) is 10.5 Å². The summed E-state index contributed by atoms with van der Waals surface area (Å²) in [6.07, 6.45) is 0. The van der Waals surface area contributed by atoms with E-state index in [0.29, 0.717) is 24.0 Å². The molecule has 17 heavy (non-hydrogen) atoms. The van der Waals surface area contributed by atoms with Crippen molar-refractivity contribution in [2.75, 3.05) is 19.8 Å². The maximum absolute atomic E-state index is 11.9. The Labute approximate surface area is 106 Å². The highest BCUT2D eigenvalue weighted by Gasteiger charge is 2.17. The van der Waals surface area contributed by atoms with Gasteiger partial charge < -0.3 is 10.5 Å². The summed E-state index contributed by atoms with van der Waals surface area (Å²) in [5, 5.41) is 0. The van der Waals surface area contributed by atoms with Crippen molar-refractivity contribution in [3.63, 3.8) is 0 Å². The van der Waals surface area contributed by atoms with Crippen molar-refractivity contribution < 1.29 is 13.2 Å². The van der Waals surface area contributed by atoms with E-state index in [2.05, 4.69) is 4.72 Å². The summed E-state index contributed by atoms with van der Waals surface area (Å²) in [4.78, 5) is 0.898. The van der Waals surface area contributed by atoms with E-state index in [-0.39, 0.29) is 6.54 Å². The second kappa shape index (κ2) is 6.46. The Kier molecular flexibility index (Phi) is 5.54. The van der Waals surface area contributed by atoms with Gasteiger partial charge in [0, 0.05) is 24.6 Å². The van der Waals surface area contributed by atoms with Gasteiger partial charge in [0.05, 0.1) is 6.61 Å². The molecule has 1 aromatic heterocycles. The summed E-state index contributed by atoms with van der Waals surface area (Å²) in [5.41, 5.74) is 6.44. The van der Waals surface area contributed by atoms with Crippen LogP contribution in [-0.2, 0) is 21.3 Å². The molecule has 0 aliphatic heterocycles. The lowest BCUT2D eigenvalue weighted by atomic mass is 10.3. The van der Waals surface area contributed by atoms with Gasteiger partial charge in [0.1, 0.15) is 4.21 Å². The summed E-state index contributed by atoms with van der Waals surface area (Å²) in [5.74, 6) is 0. The number of thiophene rings is 1.